The van der Waals surface area contributed by atoms with Crippen LogP contribution in [0.3, 0.4) is 0 Å². The Balaban J connectivity index is 3.51. The number of ketones is 1. The lowest BCUT2D eigenvalue weighted by molar-refractivity contribution is -0.137. The van der Waals surface area contributed by atoms with Crippen LogP contribution in [0.15, 0.2) is 12.1 Å². The molecule has 0 saturated heterocycles. The van der Waals surface area contributed by atoms with E-state index >= 15 is 0 Å². The predicted octanol–water partition coefficient (Wildman–Crippen LogP) is 4.24. The quantitative estimate of drug-likeness (QED) is 0.589. The molecule has 16 heavy (non-hydrogen) atoms. The van der Waals surface area contributed by atoms with Gasteiger partial charge in [-0.15, -0.1) is 0 Å². The summed E-state index contributed by atoms with van der Waals surface area (Å²) in [4.78, 5) is 11.4. The normalized spacial score (nSPS) is 11.6. The first-order valence-corrected chi connectivity index (χ1v) is 5.74. The summed E-state index contributed by atoms with van der Waals surface area (Å²) in [5, 5.41) is -0.335. The molecule has 0 spiro atoms. The van der Waals surface area contributed by atoms with Gasteiger partial charge < -0.3 is 0 Å². The third kappa shape index (κ3) is 2.58. The molecule has 0 aliphatic carbocycles. The molecule has 0 N–H and O–H groups in total. The summed E-state index contributed by atoms with van der Waals surface area (Å²) in [6, 6.07) is 2.12. The van der Waals surface area contributed by atoms with E-state index in [4.69, 9.17) is 11.6 Å². The van der Waals surface area contributed by atoms with Crippen molar-refractivity contribution < 1.29 is 18.0 Å². The fourth-order valence-electron chi connectivity index (χ4n) is 1.26. The molecule has 0 atom stereocenters. The average molecular weight is 316 g/mol. The number of halogens is 5. The van der Waals surface area contributed by atoms with Crippen LogP contribution in [0.25, 0.3) is 0 Å². The number of rotatable bonds is 2. The van der Waals surface area contributed by atoms with Crippen LogP contribution in [0.1, 0.15) is 21.5 Å². The van der Waals surface area contributed by atoms with Gasteiger partial charge in [-0.3, -0.25) is 4.79 Å². The van der Waals surface area contributed by atoms with E-state index in [-0.39, 0.29) is 10.4 Å². The number of aryl methyl sites for hydroxylation is 1. The molecule has 1 aromatic carbocycles. The highest BCUT2D eigenvalue weighted by Crippen LogP contribution is 2.36. The van der Waals surface area contributed by atoms with Crippen LogP contribution in [0, 0.1) is 6.92 Å². The summed E-state index contributed by atoms with van der Waals surface area (Å²) in [5.41, 5.74) is -1.02. The van der Waals surface area contributed by atoms with Crippen molar-refractivity contribution in [1.29, 1.82) is 0 Å². The van der Waals surface area contributed by atoms with Crippen LogP contribution in [0.5, 0.6) is 0 Å². The zero-order chi connectivity index (χ0) is 12.5. The lowest BCUT2D eigenvalue weighted by Crippen LogP contribution is -2.15. The van der Waals surface area contributed by atoms with Crippen molar-refractivity contribution in [2.75, 3.05) is 5.33 Å². The lowest BCUT2D eigenvalue weighted by atomic mass is 10.0. The summed E-state index contributed by atoms with van der Waals surface area (Å²) in [6.45, 7) is 1.55. The van der Waals surface area contributed by atoms with Crippen molar-refractivity contribution in [2.24, 2.45) is 0 Å². The molecule has 0 aliphatic rings. The van der Waals surface area contributed by atoms with Gasteiger partial charge in [0.25, 0.3) is 0 Å². The van der Waals surface area contributed by atoms with E-state index in [1.807, 2.05) is 0 Å². The minimum absolute atomic E-state index is 0.140. The van der Waals surface area contributed by atoms with E-state index in [1.54, 1.807) is 6.92 Å². The molecule has 1 nitrogen and oxygen atoms in total. The molecule has 1 aromatic rings. The number of benzene rings is 1. The Bertz CT molecular complexity index is 429. The average Bonchev–Trinajstić information content (AvgIpc) is 2.19. The van der Waals surface area contributed by atoms with Gasteiger partial charge in [0.2, 0.25) is 0 Å². The molecule has 0 aromatic heterocycles. The van der Waals surface area contributed by atoms with Gasteiger partial charge >= 0.3 is 6.18 Å². The second-order valence-corrected chi connectivity index (χ2v) is 4.11. The molecule has 0 radical (unpaired) electrons. The Morgan fingerprint density at radius 3 is 2.44 bits per heavy atom. The zero-order valence-electron chi connectivity index (χ0n) is 8.16. The molecule has 0 bridgehead atoms. The molecule has 0 amide bonds. The zero-order valence-corrected chi connectivity index (χ0v) is 10.5. The van der Waals surface area contributed by atoms with Crippen LogP contribution in [0.4, 0.5) is 13.2 Å². The highest BCUT2D eigenvalue weighted by Gasteiger charge is 2.36. The summed E-state index contributed by atoms with van der Waals surface area (Å²) < 4.78 is 37.9. The highest BCUT2D eigenvalue weighted by molar-refractivity contribution is 9.09. The monoisotopic (exact) mass is 314 g/mol. The molecular formula is C10H7BrClF3O. The molecule has 6 heteroatoms. The first kappa shape index (κ1) is 13.5. The number of hydrogen-bond donors (Lipinski definition) is 0. The third-order valence-corrected chi connectivity index (χ3v) is 3.04. The fourth-order valence-corrected chi connectivity index (χ4v) is 1.81. The van der Waals surface area contributed by atoms with E-state index in [0.717, 1.165) is 6.07 Å². The van der Waals surface area contributed by atoms with Gasteiger partial charge in [0.1, 0.15) is 0 Å². The molecule has 1 rings (SSSR count). The number of alkyl halides is 4. The Morgan fingerprint density at radius 1 is 1.44 bits per heavy atom. The van der Waals surface area contributed by atoms with Crippen molar-refractivity contribution in [3.63, 3.8) is 0 Å². The van der Waals surface area contributed by atoms with E-state index in [9.17, 15) is 18.0 Å². The maximum Gasteiger partial charge on any atom is 0.417 e. The number of carbonyl (C=O) groups excluding carboxylic acids is 1. The third-order valence-electron chi connectivity index (χ3n) is 2.04. The minimum atomic E-state index is -4.58. The summed E-state index contributed by atoms with van der Waals surface area (Å²) in [5.74, 6) is -0.680. The Hall–Kier alpha value is -0.550. The maximum atomic E-state index is 12.6. The van der Waals surface area contributed by atoms with Gasteiger partial charge in [-0.25, -0.2) is 0 Å². The van der Waals surface area contributed by atoms with Crippen LogP contribution < -0.4 is 0 Å². The minimum Gasteiger partial charge on any atom is -0.293 e. The topological polar surface area (TPSA) is 17.1 Å². The van der Waals surface area contributed by atoms with Crippen molar-refractivity contribution in [3.05, 3.63) is 33.8 Å². The van der Waals surface area contributed by atoms with E-state index in [2.05, 4.69) is 15.9 Å². The number of carbonyl (C=O) groups is 1. The van der Waals surface area contributed by atoms with Crippen molar-refractivity contribution in [2.45, 2.75) is 13.1 Å². The predicted molar refractivity (Wildman–Crippen MR) is 59.3 cm³/mol. The molecule has 0 saturated carbocycles. The first-order valence-electron chi connectivity index (χ1n) is 4.24. The first-order chi connectivity index (χ1) is 7.29. The standard InChI is InChI=1S/C10H7BrClF3O/c1-5-2-3-6(10(13,14)15)8(9(5)12)7(16)4-11/h2-3H,4H2,1H3. The van der Waals surface area contributed by atoms with Crippen LogP contribution in [-0.2, 0) is 6.18 Å². The molecule has 0 heterocycles. The van der Waals surface area contributed by atoms with Crippen LogP contribution in [0.2, 0.25) is 5.02 Å². The van der Waals surface area contributed by atoms with Gasteiger partial charge in [0.05, 0.1) is 15.9 Å². The summed E-state index contributed by atoms with van der Waals surface area (Å²) in [7, 11) is 0. The molecule has 0 unspecified atom stereocenters. The van der Waals surface area contributed by atoms with Crippen LogP contribution in [-0.4, -0.2) is 11.1 Å². The van der Waals surface area contributed by atoms with Crippen molar-refractivity contribution in [1.82, 2.24) is 0 Å². The maximum absolute atomic E-state index is 12.6. The molecular weight excluding hydrogens is 308 g/mol. The van der Waals surface area contributed by atoms with Gasteiger partial charge in [-0.1, -0.05) is 33.6 Å². The second-order valence-electron chi connectivity index (χ2n) is 3.17. The van der Waals surface area contributed by atoms with Gasteiger partial charge in [0.15, 0.2) is 5.78 Å². The Kier molecular flexibility index (Phi) is 4.02. The van der Waals surface area contributed by atoms with Crippen molar-refractivity contribution >= 4 is 33.3 Å². The van der Waals surface area contributed by atoms with Crippen molar-refractivity contribution in [3.8, 4) is 0 Å². The van der Waals surface area contributed by atoms with Crippen LogP contribution >= 0.6 is 27.5 Å². The Morgan fingerprint density at radius 2 is 2.00 bits per heavy atom. The smallest absolute Gasteiger partial charge is 0.293 e. The van der Waals surface area contributed by atoms with Gasteiger partial charge in [-0.05, 0) is 18.6 Å². The van der Waals surface area contributed by atoms with E-state index in [1.165, 1.54) is 6.07 Å². The molecule has 0 fully saturated rings. The molecule has 88 valence electrons. The SMILES string of the molecule is Cc1ccc(C(F)(F)F)c(C(=O)CBr)c1Cl. The highest BCUT2D eigenvalue weighted by atomic mass is 79.9. The largest absolute Gasteiger partial charge is 0.417 e. The van der Waals surface area contributed by atoms with E-state index < -0.39 is 23.1 Å². The summed E-state index contributed by atoms with van der Waals surface area (Å²) >= 11 is 8.57. The van der Waals surface area contributed by atoms with E-state index in [0.29, 0.717) is 5.56 Å². The summed E-state index contributed by atoms with van der Waals surface area (Å²) in [6.07, 6.45) is -4.58. The number of Topliss-reactive ketones (excluding diaryl/α,β-unsaturated/α-hetero) is 1. The van der Waals surface area contributed by atoms with Gasteiger partial charge in [-0.2, -0.15) is 13.2 Å². The van der Waals surface area contributed by atoms with Gasteiger partial charge in [0, 0.05) is 5.56 Å². The Labute approximate surface area is 104 Å². The number of hydrogen-bond acceptors (Lipinski definition) is 1. The fraction of sp³-hybridized carbons (Fsp3) is 0.300. The molecule has 0 aliphatic heterocycles. The second kappa shape index (κ2) is 4.75. The lowest BCUT2D eigenvalue weighted by Gasteiger charge is -2.14.